The molecule has 0 aromatic heterocycles. The highest BCUT2D eigenvalue weighted by molar-refractivity contribution is 6.12. The minimum Gasteiger partial charge on any atom is -0.397 e. The molecule has 0 bridgehead atoms. The summed E-state index contributed by atoms with van der Waals surface area (Å²) in [6, 6.07) is 6.30. The molecule has 4 N–H and O–H groups in total. The molecule has 1 unspecified atom stereocenters. The van der Waals surface area contributed by atoms with E-state index in [1.807, 2.05) is 12.1 Å². The van der Waals surface area contributed by atoms with Gasteiger partial charge in [-0.3, -0.25) is 10.3 Å². The molecule has 1 aromatic carbocycles. The van der Waals surface area contributed by atoms with Crippen molar-refractivity contribution in [3.05, 3.63) is 23.8 Å². The Balaban J connectivity index is 2.18. The molecule has 0 amide bonds. The highest BCUT2D eigenvalue weighted by Gasteiger charge is 2.28. The van der Waals surface area contributed by atoms with Gasteiger partial charge in [-0.1, -0.05) is 12.1 Å². The number of para-hydroxylation sites is 1. The standard InChI is InChI=1S/C10H12N4/c11-7-3-1-2-6-9(7)12-4-8-10(6)14-5-13-8/h1-3,8,12-13H,4-5,11H2. The first kappa shape index (κ1) is 7.82. The number of nitrogens with zero attached hydrogens (tertiary/aromatic N) is 1. The topological polar surface area (TPSA) is 62.4 Å². The molecule has 0 saturated carbocycles. The van der Waals surface area contributed by atoms with Gasteiger partial charge in [0.15, 0.2) is 0 Å². The Kier molecular flexibility index (Phi) is 1.52. The summed E-state index contributed by atoms with van der Waals surface area (Å²) in [6.07, 6.45) is 0. The van der Waals surface area contributed by atoms with Crippen LogP contribution < -0.4 is 16.4 Å². The lowest BCUT2D eigenvalue weighted by molar-refractivity contribution is 0.696. The quantitative estimate of drug-likeness (QED) is 0.517. The van der Waals surface area contributed by atoms with Crippen molar-refractivity contribution in [2.45, 2.75) is 6.04 Å². The van der Waals surface area contributed by atoms with Crippen molar-refractivity contribution in [1.29, 1.82) is 0 Å². The third kappa shape index (κ3) is 0.943. The van der Waals surface area contributed by atoms with Crippen LogP contribution in [0.2, 0.25) is 0 Å². The second-order valence-electron chi connectivity index (χ2n) is 3.61. The van der Waals surface area contributed by atoms with Gasteiger partial charge >= 0.3 is 0 Å². The van der Waals surface area contributed by atoms with E-state index in [-0.39, 0.29) is 0 Å². The maximum Gasteiger partial charge on any atom is 0.0894 e. The van der Waals surface area contributed by atoms with Gasteiger partial charge in [-0.15, -0.1) is 0 Å². The van der Waals surface area contributed by atoms with Crippen molar-refractivity contribution >= 4 is 17.1 Å². The number of hydrogen-bond acceptors (Lipinski definition) is 4. The Morgan fingerprint density at radius 1 is 1.43 bits per heavy atom. The van der Waals surface area contributed by atoms with E-state index >= 15 is 0 Å². The van der Waals surface area contributed by atoms with Crippen LogP contribution in [0.4, 0.5) is 11.4 Å². The number of benzene rings is 1. The van der Waals surface area contributed by atoms with E-state index in [2.05, 4.69) is 21.7 Å². The van der Waals surface area contributed by atoms with E-state index in [1.54, 1.807) is 0 Å². The van der Waals surface area contributed by atoms with Crippen LogP contribution in [0.15, 0.2) is 23.2 Å². The number of fused-ring (bicyclic) bond motifs is 3. The summed E-state index contributed by atoms with van der Waals surface area (Å²) in [5.41, 5.74) is 10.0. The van der Waals surface area contributed by atoms with Gasteiger partial charge in [0.25, 0.3) is 0 Å². The van der Waals surface area contributed by atoms with Gasteiger partial charge in [-0.25, -0.2) is 0 Å². The molecule has 72 valence electrons. The van der Waals surface area contributed by atoms with Gasteiger partial charge in [0.2, 0.25) is 0 Å². The fourth-order valence-corrected chi connectivity index (χ4v) is 2.07. The Bertz CT molecular complexity index is 411. The summed E-state index contributed by atoms with van der Waals surface area (Å²) in [6.45, 7) is 1.59. The van der Waals surface area contributed by atoms with Crippen molar-refractivity contribution in [2.24, 2.45) is 4.99 Å². The van der Waals surface area contributed by atoms with Gasteiger partial charge in [-0.05, 0) is 6.07 Å². The number of anilines is 2. The molecule has 0 spiro atoms. The normalized spacial score (nSPS) is 23.4. The monoisotopic (exact) mass is 188 g/mol. The molecule has 14 heavy (non-hydrogen) atoms. The van der Waals surface area contributed by atoms with Crippen molar-refractivity contribution in [2.75, 3.05) is 24.3 Å². The molecular weight excluding hydrogens is 176 g/mol. The lowest BCUT2D eigenvalue weighted by Crippen LogP contribution is -2.41. The fraction of sp³-hybridized carbons (Fsp3) is 0.300. The van der Waals surface area contributed by atoms with E-state index < -0.39 is 0 Å². The molecule has 4 nitrogen and oxygen atoms in total. The number of nitrogen functional groups attached to an aromatic ring is 1. The molecule has 0 saturated heterocycles. The molecule has 0 radical (unpaired) electrons. The van der Waals surface area contributed by atoms with Crippen LogP contribution >= 0.6 is 0 Å². The summed E-state index contributed by atoms with van der Waals surface area (Å²) in [7, 11) is 0. The average Bonchev–Trinajstić information content (AvgIpc) is 2.66. The first-order chi connectivity index (χ1) is 6.86. The van der Waals surface area contributed by atoms with Crippen molar-refractivity contribution in [3.63, 3.8) is 0 Å². The van der Waals surface area contributed by atoms with E-state index in [9.17, 15) is 0 Å². The van der Waals surface area contributed by atoms with Crippen molar-refractivity contribution in [1.82, 2.24) is 5.32 Å². The molecule has 1 aromatic rings. The van der Waals surface area contributed by atoms with E-state index in [0.29, 0.717) is 6.04 Å². The Morgan fingerprint density at radius 3 is 3.29 bits per heavy atom. The lowest BCUT2D eigenvalue weighted by Gasteiger charge is -2.25. The number of aliphatic imine (C=N–C) groups is 1. The molecular formula is C10H12N4. The molecule has 3 rings (SSSR count). The summed E-state index contributed by atoms with van der Waals surface area (Å²) in [4.78, 5) is 4.45. The zero-order chi connectivity index (χ0) is 9.54. The number of nitrogens with one attached hydrogen (secondary N) is 2. The zero-order valence-corrected chi connectivity index (χ0v) is 7.75. The van der Waals surface area contributed by atoms with Crippen LogP contribution in [-0.2, 0) is 0 Å². The molecule has 1 atom stereocenters. The molecule has 0 fully saturated rings. The summed E-state index contributed by atoms with van der Waals surface area (Å²) in [5.74, 6) is 0. The highest BCUT2D eigenvalue weighted by atomic mass is 15.1. The smallest absolute Gasteiger partial charge is 0.0894 e. The van der Waals surface area contributed by atoms with Crippen molar-refractivity contribution in [3.8, 4) is 0 Å². The molecule has 4 heteroatoms. The average molecular weight is 188 g/mol. The highest BCUT2D eigenvalue weighted by Crippen LogP contribution is 2.29. The van der Waals surface area contributed by atoms with E-state index in [0.717, 1.165) is 35.9 Å². The maximum absolute atomic E-state index is 5.89. The molecule has 0 aliphatic carbocycles. The van der Waals surface area contributed by atoms with Gasteiger partial charge < -0.3 is 11.1 Å². The van der Waals surface area contributed by atoms with Crippen molar-refractivity contribution < 1.29 is 0 Å². The van der Waals surface area contributed by atoms with Crippen LogP contribution in [0.5, 0.6) is 0 Å². The van der Waals surface area contributed by atoms with Crippen LogP contribution in [0, 0.1) is 0 Å². The Labute approximate surface area is 82.2 Å². The minimum atomic E-state index is 0.351. The largest absolute Gasteiger partial charge is 0.397 e. The Hall–Kier alpha value is -1.55. The van der Waals surface area contributed by atoms with Crippen LogP contribution in [0.25, 0.3) is 0 Å². The van der Waals surface area contributed by atoms with Crippen LogP contribution in [0.1, 0.15) is 5.56 Å². The lowest BCUT2D eigenvalue weighted by atomic mass is 9.97. The zero-order valence-electron chi connectivity index (χ0n) is 7.75. The van der Waals surface area contributed by atoms with Crippen LogP contribution in [0.3, 0.4) is 0 Å². The summed E-state index contributed by atoms with van der Waals surface area (Å²) < 4.78 is 0. The molecule has 2 aliphatic heterocycles. The number of nitrogens with two attached hydrogens (primary N) is 1. The SMILES string of the molecule is Nc1cccc2c1NCC1NCN=C21. The second kappa shape index (κ2) is 2.72. The van der Waals surface area contributed by atoms with Gasteiger partial charge in [0, 0.05) is 12.1 Å². The van der Waals surface area contributed by atoms with Gasteiger partial charge in [0.05, 0.1) is 29.8 Å². The second-order valence-corrected chi connectivity index (χ2v) is 3.61. The minimum absolute atomic E-state index is 0.351. The van der Waals surface area contributed by atoms with Gasteiger partial charge in [-0.2, -0.15) is 0 Å². The third-order valence-electron chi connectivity index (χ3n) is 2.77. The van der Waals surface area contributed by atoms with Gasteiger partial charge in [0.1, 0.15) is 0 Å². The predicted molar refractivity (Wildman–Crippen MR) is 57.7 cm³/mol. The third-order valence-corrected chi connectivity index (χ3v) is 2.77. The summed E-state index contributed by atoms with van der Waals surface area (Å²) >= 11 is 0. The van der Waals surface area contributed by atoms with E-state index in [4.69, 9.17) is 5.73 Å². The molecule has 2 heterocycles. The fourth-order valence-electron chi connectivity index (χ4n) is 2.07. The molecule has 2 aliphatic rings. The number of hydrogen-bond donors (Lipinski definition) is 3. The first-order valence-corrected chi connectivity index (χ1v) is 4.77. The number of rotatable bonds is 0. The predicted octanol–water partition coefficient (Wildman–Crippen LogP) is 0.413. The van der Waals surface area contributed by atoms with Crippen LogP contribution in [-0.4, -0.2) is 25.0 Å². The maximum atomic E-state index is 5.89. The first-order valence-electron chi connectivity index (χ1n) is 4.77. The van der Waals surface area contributed by atoms with E-state index in [1.165, 1.54) is 0 Å². The summed E-state index contributed by atoms with van der Waals surface area (Å²) in [5, 5.41) is 6.65. The Morgan fingerprint density at radius 2 is 2.36 bits per heavy atom.